The molecule has 0 aliphatic heterocycles. The van der Waals surface area contributed by atoms with Crippen LogP contribution in [0.3, 0.4) is 0 Å². The molecule has 0 aromatic carbocycles. The molecule has 2 nitrogen and oxygen atoms in total. The number of carbonyl (C=O) groups excluding carboxylic acids is 1. The number of carbonyl (C=O) groups is 1. The van der Waals surface area contributed by atoms with Gasteiger partial charge in [-0.2, -0.15) is 0 Å². The number of rotatable bonds is 3. The van der Waals surface area contributed by atoms with E-state index < -0.39 is 0 Å². The lowest BCUT2D eigenvalue weighted by Gasteiger charge is -2.16. The second-order valence-corrected chi connectivity index (χ2v) is 3.87. The average Bonchev–Trinajstić information content (AvgIpc) is 2.74. The van der Waals surface area contributed by atoms with Gasteiger partial charge in [-0.1, -0.05) is 18.7 Å². The summed E-state index contributed by atoms with van der Waals surface area (Å²) in [7, 11) is 0. The highest BCUT2D eigenvalue weighted by atomic mass is 16.5. The van der Waals surface area contributed by atoms with Crippen molar-refractivity contribution >= 4 is 5.97 Å². The summed E-state index contributed by atoms with van der Waals surface area (Å²) in [6, 6.07) is 0. The smallest absolute Gasteiger partial charge is 0.330 e. The zero-order valence-electron chi connectivity index (χ0n) is 7.61. The Morgan fingerprint density at radius 3 is 2.92 bits per heavy atom. The van der Waals surface area contributed by atoms with Crippen molar-refractivity contribution in [3.63, 3.8) is 0 Å². The maximum atomic E-state index is 10.8. The minimum absolute atomic E-state index is 0.299. The first-order valence-corrected chi connectivity index (χ1v) is 4.77. The highest BCUT2D eigenvalue weighted by molar-refractivity contribution is 5.81. The van der Waals surface area contributed by atoms with Crippen molar-refractivity contribution < 1.29 is 9.53 Å². The first-order chi connectivity index (χ1) is 6.29. The number of ether oxygens (including phenoxy) is 1. The van der Waals surface area contributed by atoms with Gasteiger partial charge in [-0.15, -0.1) is 0 Å². The largest absolute Gasteiger partial charge is 0.462 e. The van der Waals surface area contributed by atoms with E-state index in [9.17, 15) is 4.79 Å². The molecule has 2 bridgehead atoms. The molecule has 2 aliphatic rings. The normalized spacial score (nSPS) is 34.9. The van der Waals surface area contributed by atoms with E-state index in [0.29, 0.717) is 18.4 Å². The summed E-state index contributed by atoms with van der Waals surface area (Å²) in [5.74, 6) is 1.66. The van der Waals surface area contributed by atoms with Crippen LogP contribution < -0.4 is 0 Å². The Balaban J connectivity index is 1.81. The van der Waals surface area contributed by atoms with Crippen molar-refractivity contribution in [1.82, 2.24) is 0 Å². The number of esters is 1. The van der Waals surface area contributed by atoms with E-state index in [2.05, 4.69) is 18.7 Å². The van der Waals surface area contributed by atoms with Gasteiger partial charge in [-0.05, 0) is 30.6 Å². The van der Waals surface area contributed by atoms with E-state index >= 15 is 0 Å². The van der Waals surface area contributed by atoms with Crippen molar-refractivity contribution in [1.29, 1.82) is 0 Å². The van der Waals surface area contributed by atoms with Gasteiger partial charge in [0.1, 0.15) is 0 Å². The molecule has 0 amide bonds. The quantitative estimate of drug-likeness (QED) is 0.375. The fourth-order valence-electron chi connectivity index (χ4n) is 2.33. The van der Waals surface area contributed by atoms with Crippen molar-refractivity contribution in [2.75, 3.05) is 6.61 Å². The van der Waals surface area contributed by atoms with Crippen molar-refractivity contribution in [2.24, 2.45) is 17.8 Å². The van der Waals surface area contributed by atoms with Crippen LogP contribution in [-0.2, 0) is 9.53 Å². The molecule has 0 saturated heterocycles. The zero-order chi connectivity index (χ0) is 9.26. The second-order valence-electron chi connectivity index (χ2n) is 3.87. The van der Waals surface area contributed by atoms with Gasteiger partial charge in [-0.3, -0.25) is 0 Å². The molecular formula is C11H14O2. The summed E-state index contributed by atoms with van der Waals surface area (Å²) in [6.45, 7) is 3.93. The van der Waals surface area contributed by atoms with Gasteiger partial charge in [-0.25, -0.2) is 4.79 Å². The van der Waals surface area contributed by atoms with Crippen molar-refractivity contribution in [2.45, 2.75) is 12.8 Å². The van der Waals surface area contributed by atoms with Gasteiger partial charge < -0.3 is 4.74 Å². The van der Waals surface area contributed by atoms with Crippen LogP contribution in [0.4, 0.5) is 0 Å². The molecule has 13 heavy (non-hydrogen) atoms. The van der Waals surface area contributed by atoms with Gasteiger partial charge in [0.2, 0.25) is 0 Å². The molecule has 2 rings (SSSR count). The molecule has 1 fully saturated rings. The minimum atomic E-state index is -0.299. The minimum Gasteiger partial charge on any atom is -0.462 e. The van der Waals surface area contributed by atoms with Gasteiger partial charge in [0.05, 0.1) is 6.61 Å². The Hall–Kier alpha value is -1.05. The van der Waals surface area contributed by atoms with Crippen LogP contribution in [-0.4, -0.2) is 12.6 Å². The summed E-state index contributed by atoms with van der Waals surface area (Å²) < 4.78 is 5.04. The second kappa shape index (κ2) is 3.36. The molecule has 0 spiro atoms. The molecule has 1 saturated carbocycles. The summed E-state index contributed by atoms with van der Waals surface area (Å²) in [5, 5.41) is 0. The van der Waals surface area contributed by atoms with Gasteiger partial charge >= 0.3 is 5.97 Å². The molecule has 2 heteroatoms. The maximum absolute atomic E-state index is 10.8. The number of allylic oxidation sites excluding steroid dienone is 2. The molecular weight excluding hydrogens is 164 g/mol. The lowest BCUT2D eigenvalue weighted by molar-refractivity contribution is -0.139. The Labute approximate surface area is 78.3 Å². The van der Waals surface area contributed by atoms with Gasteiger partial charge in [0.15, 0.2) is 0 Å². The number of hydrogen-bond acceptors (Lipinski definition) is 2. The molecule has 70 valence electrons. The summed E-state index contributed by atoms with van der Waals surface area (Å²) in [5.41, 5.74) is 0. The Morgan fingerprint density at radius 1 is 1.54 bits per heavy atom. The lowest BCUT2D eigenvalue weighted by atomic mass is 9.95. The Morgan fingerprint density at radius 2 is 2.38 bits per heavy atom. The van der Waals surface area contributed by atoms with Crippen LogP contribution in [0.1, 0.15) is 12.8 Å². The standard InChI is InChI=1S/C11H14O2/c1-2-11(12)13-7-10-6-8-3-4-9(10)5-8/h2-4,8-10H,1,5-7H2/t8-,9+,10-/m1/s1. The average molecular weight is 178 g/mol. The third kappa shape index (κ3) is 1.67. The molecule has 0 radical (unpaired) electrons. The molecule has 2 aliphatic carbocycles. The first kappa shape index (κ1) is 8.54. The monoisotopic (exact) mass is 178 g/mol. The number of fused-ring (bicyclic) bond motifs is 2. The Kier molecular flexibility index (Phi) is 2.21. The van der Waals surface area contributed by atoms with Crippen molar-refractivity contribution in [3.05, 3.63) is 24.8 Å². The van der Waals surface area contributed by atoms with E-state index in [4.69, 9.17) is 4.74 Å². The molecule has 3 atom stereocenters. The third-order valence-electron chi connectivity index (χ3n) is 3.02. The van der Waals surface area contributed by atoms with E-state index in [0.717, 1.165) is 5.92 Å². The van der Waals surface area contributed by atoms with Crippen LogP contribution in [0.5, 0.6) is 0 Å². The zero-order valence-corrected chi connectivity index (χ0v) is 7.61. The van der Waals surface area contributed by atoms with E-state index in [-0.39, 0.29) is 5.97 Å². The molecule has 0 aromatic heterocycles. The van der Waals surface area contributed by atoms with Crippen molar-refractivity contribution in [3.8, 4) is 0 Å². The summed E-state index contributed by atoms with van der Waals surface area (Å²) >= 11 is 0. The molecule has 0 unspecified atom stereocenters. The van der Waals surface area contributed by atoms with Crippen LogP contribution in [0, 0.1) is 17.8 Å². The number of hydrogen-bond donors (Lipinski definition) is 0. The molecule has 0 heterocycles. The lowest BCUT2D eigenvalue weighted by Crippen LogP contribution is -2.16. The van der Waals surface area contributed by atoms with Crippen LogP contribution in [0.15, 0.2) is 24.8 Å². The van der Waals surface area contributed by atoms with Crippen LogP contribution >= 0.6 is 0 Å². The fourth-order valence-corrected chi connectivity index (χ4v) is 2.33. The molecule has 0 aromatic rings. The molecule has 0 N–H and O–H groups in total. The highest BCUT2D eigenvalue weighted by Crippen LogP contribution is 2.43. The highest BCUT2D eigenvalue weighted by Gasteiger charge is 2.35. The van der Waals surface area contributed by atoms with E-state index in [1.54, 1.807) is 0 Å². The predicted octanol–water partition coefficient (Wildman–Crippen LogP) is 1.93. The predicted molar refractivity (Wildman–Crippen MR) is 50.0 cm³/mol. The Bertz CT molecular complexity index is 255. The van der Waals surface area contributed by atoms with Gasteiger partial charge in [0, 0.05) is 6.08 Å². The van der Waals surface area contributed by atoms with E-state index in [1.807, 2.05) is 0 Å². The first-order valence-electron chi connectivity index (χ1n) is 4.77. The summed E-state index contributed by atoms with van der Waals surface area (Å²) in [4.78, 5) is 10.8. The topological polar surface area (TPSA) is 26.3 Å². The summed E-state index contributed by atoms with van der Waals surface area (Å²) in [6.07, 6.45) is 8.22. The fraction of sp³-hybridized carbons (Fsp3) is 0.545. The van der Waals surface area contributed by atoms with Crippen LogP contribution in [0.25, 0.3) is 0 Å². The SMILES string of the molecule is C=CC(=O)OC[C@H]1C[C@@H]2C=C[C@H]1C2. The maximum Gasteiger partial charge on any atom is 0.330 e. The van der Waals surface area contributed by atoms with E-state index in [1.165, 1.54) is 18.9 Å². The van der Waals surface area contributed by atoms with Crippen LogP contribution in [0.2, 0.25) is 0 Å². The van der Waals surface area contributed by atoms with Gasteiger partial charge in [0.25, 0.3) is 0 Å². The third-order valence-corrected chi connectivity index (χ3v) is 3.02.